The van der Waals surface area contributed by atoms with E-state index in [0.717, 1.165) is 17.7 Å². The van der Waals surface area contributed by atoms with Crippen molar-refractivity contribution in [2.24, 2.45) is 0 Å². The van der Waals surface area contributed by atoms with Crippen LogP contribution in [0.1, 0.15) is 34.7 Å². The maximum atomic E-state index is 12.2. The van der Waals surface area contributed by atoms with Gasteiger partial charge in [-0.15, -0.1) is 0 Å². The number of hydrogen-bond acceptors (Lipinski definition) is 6. The maximum Gasteiger partial charge on any atom is 0.269 e. The molecule has 8 heteroatoms. The topological polar surface area (TPSA) is 117 Å². The van der Waals surface area contributed by atoms with Gasteiger partial charge in [0.1, 0.15) is 12.3 Å². The summed E-state index contributed by atoms with van der Waals surface area (Å²) in [5, 5.41) is 22.3. The number of hydrogen-bond donors (Lipinski definition) is 3. The third-order valence-corrected chi connectivity index (χ3v) is 3.76. The number of H-pyrrole nitrogens is 1. The average molecular weight is 341 g/mol. The Kier molecular flexibility index (Phi) is 5.20. The van der Waals surface area contributed by atoms with Gasteiger partial charge < -0.3 is 14.9 Å². The summed E-state index contributed by atoms with van der Waals surface area (Å²) in [6, 6.07) is 9.80. The van der Waals surface area contributed by atoms with Gasteiger partial charge in [0, 0.05) is 18.5 Å². The summed E-state index contributed by atoms with van der Waals surface area (Å²) in [5.74, 6) is 0.342. The molecule has 8 nitrogen and oxygen atoms in total. The van der Waals surface area contributed by atoms with Gasteiger partial charge in [-0.1, -0.05) is 36.3 Å². The van der Waals surface area contributed by atoms with Gasteiger partial charge in [-0.3, -0.25) is 9.89 Å². The molecule has 0 atom stereocenters. The van der Waals surface area contributed by atoms with Gasteiger partial charge in [-0.25, -0.2) is 0 Å². The second-order valence-corrected chi connectivity index (χ2v) is 5.49. The fraction of sp³-hybridized carbons (Fsp3) is 0.294. The van der Waals surface area contributed by atoms with Crippen LogP contribution in [0.3, 0.4) is 0 Å². The normalized spacial score (nSPS) is 10.8. The minimum atomic E-state index is -0.296. The molecule has 0 aliphatic carbocycles. The van der Waals surface area contributed by atoms with Crippen molar-refractivity contribution in [1.82, 2.24) is 25.7 Å². The lowest BCUT2D eigenvalue weighted by atomic mass is 10.1. The van der Waals surface area contributed by atoms with Gasteiger partial charge in [0.15, 0.2) is 5.82 Å². The molecule has 2 heterocycles. The molecule has 0 bridgehead atoms. The number of rotatable bonds is 7. The van der Waals surface area contributed by atoms with E-state index in [4.69, 9.17) is 9.63 Å². The van der Waals surface area contributed by atoms with Crippen molar-refractivity contribution in [3.8, 4) is 11.3 Å². The maximum absolute atomic E-state index is 12.2. The highest BCUT2D eigenvalue weighted by Gasteiger charge is 2.11. The molecule has 0 unspecified atom stereocenters. The fourth-order valence-corrected chi connectivity index (χ4v) is 2.34. The Morgan fingerprint density at radius 2 is 2.12 bits per heavy atom. The number of nitrogens with zero attached hydrogens (tertiary/aromatic N) is 3. The van der Waals surface area contributed by atoms with Crippen molar-refractivity contribution < 1.29 is 14.4 Å². The standard InChI is InChI=1S/C17H19N5O3/c1-2-11-3-5-12(6-4-11)13-9-14(21-20-13)17(24)18-8-7-15-19-16(10-23)25-22-15/h3-6,9,23H,2,7-8,10H2,1H3,(H,18,24)(H,20,21). The molecule has 0 aliphatic heterocycles. The smallest absolute Gasteiger partial charge is 0.269 e. The van der Waals surface area contributed by atoms with E-state index >= 15 is 0 Å². The Morgan fingerprint density at radius 3 is 2.80 bits per heavy atom. The number of aryl methyl sites for hydroxylation is 1. The zero-order valence-corrected chi connectivity index (χ0v) is 13.8. The summed E-state index contributed by atoms with van der Waals surface area (Å²) in [6.45, 7) is 2.16. The van der Waals surface area contributed by atoms with E-state index in [1.807, 2.05) is 12.1 Å². The molecule has 0 fully saturated rings. The number of aromatic nitrogens is 4. The van der Waals surface area contributed by atoms with Gasteiger partial charge in [-0.05, 0) is 18.1 Å². The number of aromatic amines is 1. The zero-order valence-electron chi connectivity index (χ0n) is 13.8. The summed E-state index contributed by atoms with van der Waals surface area (Å²) in [4.78, 5) is 16.1. The predicted octanol–water partition coefficient (Wildman–Crippen LogP) is 1.49. The first-order valence-electron chi connectivity index (χ1n) is 8.05. The Morgan fingerprint density at radius 1 is 1.32 bits per heavy atom. The molecule has 0 spiro atoms. The highest BCUT2D eigenvalue weighted by atomic mass is 16.5. The molecular formula is C17H19N5O3. The molecule has 0 saturated heterocycles. The van der Waals surface area contributed by atoms with Crippen molar-refractivity contribution in [3.05, 3.63) is 53.3 Å². The lowest BCUT2D eigenvalue weighted by molar-refractivity contribution is 0.0949. The van der Waals surface area contributed by atoms with Crippen molar-refractivity contribution in [2.45, 2.75) is 26.4 Å². The van der Waals surface area contributed by atoms with Gasteiger partial charge >= 0.3 is 0 Å². The molecule has 2 aromatic heterocycles. The molecular weight excluding hydrogens is 322 g/mol. The Balaban J connectivity index is 1.56. The zero-order chi connectivity index (χ0) is 17.6. The van der Waals surface area contributed by atoms with Crippen LogP contribution in [0.25, 0.3) is 11.3 Å². The third kappa shape index (κ3) is 4.10. The van der Waals surface area contributed by atoms with E-state index in [0.29, 0.717) is 24.5 Å². The number of amides is 1. The minimum Gasteiger partial charge on any atom is -0.387 e. The van der Waals surface area contributed by atoms with Gasteiger partial charge in [0.05, 0.1) is 5.69 Å². The Hall–Kier alpha value is -3.00. The summed E-state index contributed by atoms with van der Waals surface area (Å²) in [6.07, 6.45) is 1.39. The lowest BCUT2D eigenvalue weighted by Gasteiger charge is -2.00. The molecule has 1 aromatic carbocycles. The largest absolute Gasteiger partial charge is 0.387 e. The van der Waals surface area contributed by atoms with Crippen LogP contribution in [0.5, 0.6) is 0 Å². The molecule has 130 valence electrons. The van der Waals surface area contributed by atoms with Crippen LogP contribution in [0.2, 0.25) is 0 Å². The van der Waals surface area contributed by atoms with Crippen molar-refractivity contribution in [1.29, 1.82) is 0 Å². The van der Waals surface area contributed by atoms with Crippen LogP contribution < -0.4 is 5.32 Å². The molecule has 0 aliphatic rings. The number of carbonyl (C=O) groups excluding carboxylic acids is 1. The minimum absolute atomic E-state index is 0.161. The first-order chi connectivity index (χ1) is 12.2. The quantitative estimate of drug-likeness (QED) is 0.599. The number of nitrogens with one attached hydrogen (secondary N) is 2. The van der Waals surface area contributed by atoms with Gasteiger partial charge in [-0.2, -0.15) is 10.1 Å². The van der Waals surface area contributed by atoms with E-state index < -0.39 is 0 Å². The number of aliphatic hydroxyl groups is 1. The average Bonchev–Trinajstić information content (AvgIpc) is 3.31. The van der Waals surface area contributed by atoms with Crippen LogP contribution in [-0.2, 0) is 19.4 Å². The first-order valence-corrected chi connectivity index (χ1v) is 8.05. The van der Waals surface area contributed by atoms with E-state index in [1.165, 1.54) is 5.56 Å². The van der Waals surface area contributed by atoms with Crippen molar-refractivity contribution in [3.63, 3.8) is 0 Å². The van der Waals surface area contributed by atoms with Crippen molar-refractivity contribution >= 4 is 5.91 Å². The Bertz CT molecular complexity index is 838. The second kappa shape index (κ2) is 7.71. The van der Waals surface area contributed by atoms with Crippen LogP contribution in [0, 0.1) is 0 Å². The third-order valence-electron chi connectivity index (χ3n) is 3.76. The Labute approximate surface area is 144 Å². The highest BCUT2D eigenvalue weighted by molar-refractivity contribution is 5.93. The molecule has 3 N–H and O–H groups in total. The summed E-state index contributed by atoms with van der Waals surface area (Å²) in [7, 11) is 0. The fourth-order valence-electron chi connectivity index (χ4n) is 2.34. The lowest BCUT2D eigenvalue weighted by Crippen LogP contribution is -2.26. The SMILES string of the molecule is CCc1ccc(-c2cc(C(=O)NCCc3noc(CO)n3)[nH]n2)cc1. The number of aliphatic hydroxyl groups excluding tert-OH is 1. The summed E-state index contributed by atoms with van der Waals surface area (Å²) in [5.41, 5.74) is 3.32. The van der Waals surface area contributed by atoms with Crippen LogP contribution in [0.15, 0.2) is 34.9 Å². The van der Waals surface area contributed by atoms with E-state index in [-0.39, 0.29) is 18.4 Å². The number of carbonyl (C=O) groups is 1. The van der Waals surface area contributed by atoms with E-state index in [9.17, 15) is 4.79 Å². The van der Waals surface area contributed by atoms with Crippen molar-refractivity contribution in [2.75, 3.05) is 6.54 Å². The molecule has 3 rings (SSSR count). The number of benzene rings is 1. The summed E-state index contributed by atoms with van der Waals surface area (Å²) < 4.78 is 4.78. The monoisotopic (exact) mass is 341 g/mol. The van der Waals surface area contributed by atoms with Crippen LogP contribution in [-0.4, -0.2) is 37.9 Å². The molecule has 3 aromatic rings. The first kappa shape index (κ1) is 16.8. The molecule has 25 heavy (non-hydrogen) atoms. The van der Waals surface area contributed by atoms with E-state index in [1.54, 1.807) is 6.07 Å². The molecule has 1 amide bonds. The van der Waals surface area contributed by atoms with Crippen LogP contribution in [0.4, 0.5) is 0 Å². The molecule has 0 saturated carbocycles. The van der Waals surface area contributed by atoms with Gasteiger partial charge in [0.25, 0.3) is 11.8 Å². The predicted molar refractivity (Wildman–Crippen MR) is 89.7 cm³/mol. The van der Waals surface area contributed by atoms with Crippen LogP contribution >= 0.6 is 0 Å². The van der Waals surface area contributed by atoms with Gasteiger partial charge in [0.2, 0.25) is 0 Å². The molecule has 0 radical (unpaired) electrons. The highest BCUT2D eigenvalue weighted by Crippen LogP contribution is 2.18. The summed E-state index contributed by atoms with van der Waals surface area (Å²) >= 11 is 0. The second-order valence-electron chi connectivity index (χ2n) is 5.49. The van der Waals surface area contributed by atoms with E-state index in [2.05, 4.69) is 44.7 Å².